The lowest BCUT2D eigenvalue weighted by Gasteiger charge is -2.22. The second-order valence-electron chi connectivity index (χ2n) is 6.57. The molecule has 1 rings (SSSR count). The van der Waals surface area contributed by atoms with Gasteiger partial charge < -0.3 is 19.6 Å². The van der Waals surface area contributed by atoms with Gasteiger partial charge in [0, 0.05) is 0 Å². The summed E-state index contributed by atoms with van der Waals surface area (Å²) < 4.78 is 10.9. The fourth-order valence-corrected chi connectivity index (χ4v) is 1.94. The molecule has 2 atom stereocenters. The van der Waals surface area contributed by atoms with Gasteiger partial charge in [-0.1, -0.05) is 30.3 Å². The van der Waals surface area contributed by atoms with E-state index in [1.807, 2.05) is 37.3 Å². The van der Waals surface area contributed by atoms with Crippen molar-refractivity contribution in [1.82, 2.24) is 5.32 Å². The van der Waals surface area contributed by atoms with Gasteiger partial charge in [-0.15, -0.1) is 0 Å². The van der Waals surface area contributed by atoms with Crippen molar-refractivity contribution in [2.75, 3.05) is 0 Å². The van der Waals surface area contributed by atoms with Gasteiger partial charge in [-0.3, -0.25) is 0 Å². The van der Waals surface area contributed by atoms with Gasteiger partial charge in [0.15, 0.2) is 0 Å². The third-order valence-corrected chi connectivity index (χ3v) is 3.13. The van der Waals surface area contributed by atoms with E-state index in [0.29, 0.717) is 19.4 Å². The Morgan fingerprint density at radius 2 is 1.87 bits per heavy atom. The van der Waals surface area contributed by atoms with Crippen LogP contribution in [0.25, 0.3) is 0 Å². The first kappa shape index (κ1) is 19.2. The van der Waals surface area contributed by atoms with E-state index in [2.05, 4.69) is 5.32 Å². The number of hydrogen-bond acceptors (Lipinski definition) is 4. The van der Waals surface area contributed by atoms with Gasteiger partial charge >= 0.3 is 6.09 Å². The predicted molar refractivity (Wildman–Crippen MR) is 89.1 cm³/mol. The summed E-state index contributed by atoms with van der Waals surface area (Å²) >= 11 is 0. The first-order chi connectivity index (χ1) is 10.8. The van der Waals surface area contributed by atoms with Crippen molar-refractivity contribution in [1.29, 1.82) is 0 Å². The molecule has 1 aromatic carbocycles. The minimum absolute atomic E-state index is 0.00177. The monoisotopic (exact) mass is 321 g/mol. The SMILES string of the molecule is CC(CC[C@@H](C=O)NC(=O)OC(C)(C)C)OCc1ccccc1. The van der Waals surface area contributed by atoms with Gasteiger partial charge in [0.05, 0.1) is 18.8 Å². The van der Waals surface area contributed by atoms with Crippen LogP contribution in [0.15, 0.2) is 30.3 Å². The molecule has 0 saturated heterocycles. The molecule has 0 aliphatic rings. The number of benzene rings is 1. The van der Waals surface area contributed by atoms with Crippen LogP contribution in [-0.2, 0) is 20.9 Å². The lowest BCUT2D eigenvalue weighted by atomic mass is 10.1. The molecular formula is C18H27NO4. The van der Waals surface area contributed by atoms with E-state index in [4.69, 9.17) is 9.47 Å². The van der Waals surface area contributed by atoms with E-state index in [-0.39, 0.29) is 6.10 Å². The highest BCUT2D eigenvalue weighted by Crippen LogP contribution is 2.10. The van der Waals surface area contributed by atoms with E-state index in [9.17, 15) is 9.59 Å². The molecule has 0 aliphatic heterocycles. The van der Waals surface area contributed by atoms with Crippen molar-refractivity contribution in [3.05, 3.63) is 35.9 Å². The van der Waals surface area contributed by atoms with Gasteiger partial charge in [0.25, 0.3) is 0 Å². The summed E-state index contributed by atoms with van der Waals surface area (Å²) in [7, 11) is 0. The molecule has 0 heterocycles. The highest BCUT2D eigenvalue weighted by molar-refractivity contribution is 5.73. The average molecular weight is 321 g/mol. The van der Waals surface area contributed by atoms with Crippen LogP contribution in [0.5, 0.6) is 0 Å². The number of carbonyl (C=O) groups excluding carboxylic acids is 2. The van der Waals surface area contributed by atoms with Gasteiger partial charge in [0.2, 0.25) is 0 Å². The summed E-state index contributed by atoms with van der Waals surface area (Å²) in [5, 5.41) is 2.57. The van der Waals surface area contributed by atoms with E-state index in [0.717, 1.165) is 11.8 Å². The molecule has 23 heavy (non-hydrogen) atoms. The maximum absolute atomic E-state index is 11.7. The van der Waals surface area contributed by atoms with Crippen LogP contribution in [-0.4, -0.2) is 30.1 Å². The normalized spacial score (nSPS) is 13.9. The maximum atomic E-state index is 11.7. The van der Waals surface area contributed by atoms with E-state index < -0.39 is 17.7 Å². The summed E-state index contributed by atoms with van der Waals surface area (Å²) in [6.45, 7) is 7.83. The Bertz CT molecular complexity index is 482. The number of alkyl carbamates (subject to hydrolysis) is 1. The summed E-state index contributed by atoms with van der Waals surface area (Å²) in [4.78, 5) is 22.7. The highest BCUT2D eigenvalue weighted by Gasteiger charge is 2.19. The molecule has 128 valence electrons. The fourth-order valence-electron chi connectivity index (χ4n) is 1.94. The minimum Gasteiger partial charge on any atom is -0.444 e. The lowest BCUT2D eigenvalue weighted by Crippen LogP contribution is -2.40. The van der Waals surface area contributed by atoms with E-state index >= 15 is 0 Å². The Balaban J connectivity index is 2.30. The molecule has 1 unspecified atom stereocenters. The summed E-state index contributed by atoms with van der Waals surface area (Å²) in [5.74, 6) is 0. The van der Waals surface area contributed by atoms with Crippen LogP contribution in [0.3, 0.4) is 0 Å². The smallest absolute Gasteiger partial charge is 0.408 e. The molecule has 0 aliphatic carbocycles. The number of hydrogen-bond donors (Lipinski definition) is 1. The quantitative estimate of drug-likeness (QED) is 0.745. The fraction of sp³-hybridized carbons (Fsp3) is 0.556. The van der Waals surface area contributed by atoms with Crippen molar-refractivity contribution in [2.45, 2.75) is 64.9 Å². The number of aldehydes is 1. The van der Waals surface area contributed by atoms with Crippen LogP contribution in [0, 0.1) is 0 Å². The largest absolute Gasteiger partial charge is 0.444 e. The second kappa shape index (κ2) is 9.30. The number of rotatable bonds is 8. The van der Waals surface area contributed by atoms with Crippen molar-refractivity contribution < 1.29 is 19.1 Å². The number of carbonyl (C=O) groups is 2. The van der Waals surface area contributed by atoms with Crippen LogP contribution >= 0.6 is 0 Å². The number of nitrogens with one attached hydrogen (secondary N) is 1. The second-order valence-corrected chi connectivity index (χ2v) is 6.57. The average Bonchev–Trinajstić information content (AvgIpc) is 2.48. The molecule has 1 N–H and O–H groups in total. The van der Waals surface area contributed by atoms with Crippen molar-refractivity contribution in [2.24, 2.45) is 0 Å². The summed E-state index contributed by atoms with van der Waals surface area (Å²) in [6, 6.07) is 9.35. The van der Waals surface area contributed by atoms with Crippen LogP contribution in [0.1, 0.15) is 46.1 Å². The molecule has 1 amide bonds. The standard InChI is InChI=1S/C18H27NO4/c1-14(22-13-15-8-6-5-7-9-15)10-11-16(12-20)19-17(21)23-18(2,3)4/h5-9,12,14,16H,10-11,13H2,1-4H3,(H,19,21)/t14?,16-/m0/s1. The van der Waals surface area contributed by atoms with E-state index in [1.54, 1.807) is 20.8 Å². The Labute approximate surface area is 138 Å². The first-order valence-electron chi connectivity index (χ1n) is 7.90. The first-order valence-corrected chi connectivity index (χ1v) is 7.90. The van der Waals surface area contributed by atoms with Gasteiger partial charge in [-0.2, -0.15) is 0 Å². The molecule has 0 fully saturated rings. The van der Waals surface area contributed by atoms with E-state index in [1.165, 1.54) is 0 Å². The molecule has 5 heteroatoms. The molecule has 0 saturated carbocycles. The highest BCUT2D eigenvalue weighted by atomic mass is 16.6. The maximum Gasteiger partial charge on any atom is 0.408 e. The predicted octanol–water partition coefficient (Wildman–Crippen LogP) is 3.46. The zero-order chi connectivity index (χ0) is 17.3. The van der Waals surface area contributed by atoms with Crippen molar-refractivity contribution in [3.8, 4) is 0 Å². The Kier molecular flexibility index (Phi) is 7.75. The zero-order valence-corrected chi connectivity index (χ0v) is 14.4. The third-order valence-electron chi connectivity index (χ3n) is 3.13. The van der Waals surface area contributed by atoms with Crippen LogP contribution in [0.4, 0.5) is 4.79 Å². The van der Waals surface area contributed by atoms with Gasteiger partial charge in [-0.25, -0.2) is 4.79 Å². The molecule has 5 nitrogen and oxygen atoms in total. The molecule has 0 spiro atoms. The topological polar surface area (TPSA) is 64.6 Å². The molecule has 0 aromatic heterocycles. The molecule has 0 radical (unpaired) electrons. The van der Waals surface area contributed by atoms with Crippen LogP contribution in [0.2, 0.25) is 0 Å². The zero-order valence-electron chi connectivity index (χ0n) is 14.4. The van der Waals surface area contributed by atoms with Gasteiger partial charge in [-0.05, 0) is 46.1 Å². The summed E-state index contributed by atoms with van der Waals surface area (Å²) in [6.07, 6.45) is 1.34. The Morgan fingerprint density at radius 3 is 2.43 bits per heavy atom. The molecule has 0 bridgehead atoms. The Morgan fingerprint density at radius 1 is 1.22 bits per heavy atom. The lowest BCUT2D eigenvalue weighted by molar-refractivity contribution is -0.110. The Hall–Kier alpha value is -1.88. The number of amides is 1. The third kappa shape index (κ3) is 8.98. The van der Waals surface area contributed by atoms with Crippen molar-refractivity contribution >= 4 is 12.4 Å². The molecular weight excluding hydrogens is 294 g/mol. The minimum atomic E-state index is -0.580. The summed E-state index contributed by atoms with van der Waals surface area (Å²) in [5.41, 5.74) is 0.530. The van der Waals surface area contributed by atoms with Crippen molar-refractivity contribution in [3.63, 3.8) is 0 Å². The number of ether oxygens (including phenoxy) is 2. The molecule has 1 aromatic rings. The van der Waals surface area contributed by atoms with Crippen LogP contribution < -0.4 is 5.32 Å². The van der Waals surface area contributed by atoms with Gasteiger partial charge in [0.1, 0.15) is 11.9 Å².